The molecule has 3 heterocycles. The Kier molecular flexibility index (Phi) is 6.69. The summed E-state index contributed by atoms with van der Waals surface area (Å²) >= 11 is 6.56. The highest BCUT2D eigenvalue weighted by molar-refractivity contribution is 6.36. The predicted octanol–water partition coefficient (Wildman–Crippen LogP) is 4.81. The number of ketones is 2. The number of carbonyl (C=O) groups excluding carboxylic acids is 3. The molecule has 1 spiro atoms. The van der Waals surface area contributed by atoms with Crippen LogP contribution >= 0.6 is 11.6 Å². The Balaban J connectivity index is 1.39. The van der Waals surface area contributed by atoms with Crippen molar-refractivity contribution in [3.05, 3.63) is 87.8 Å². The number of hydrogen-bond acceptors (Lipinski definition) is 8. The molecule has 1 aromatic heterocycles. The fourth-order valence-corrected chi connectivity index (χ4v) is 6.21. The highest BCUT2D eigenvalue weighted by Gasteiger charge is 2.63. The first-order valence-corrected chi connectivity index (χ1v) is 13.5. The van der Waals surface area contributed by atoms with Crippen molar-refractivity contribution < 1.29 is 33.3 Å². The third kappa shape index (κ3) is 4.23. The number of Topliss-reactive ketones (excluding diaryl/α,β-unsaturated/α-hetero) is 2. The van der Waals surface area contributed by atoms with Crippen LogP contribution in [0.2, 0.25) is 5.02 Å². The SMILES string of the molecule is COc1cc(OC)c2c(c1Cl)O[C@@]1(C(=O)C3=C(C[C@H]1C)NC(=O)CC3c1cccc(OCc3cccnc3)c1)C2=O. The third-order valence-corrected chi connectivity index (χ3v) is 8.30. The van der Waals surface area contributed by atoms with Crippen LogP contribution in [0.5, 0.6) is 23.0 Å². The zero-order chi connectivity index (χ0) is 28.9. The predicted molar refractivity (Wildman–Crippen MR) is 149 cm³/mol. The molecule has 0 fully saturated rings. The van der Waals surface area contributed by atoms with Crippen molar-refractivity contribution in [1.82, 2.24) is 10.3 Å². The molecule has 2 aliphatic heterocycles. The molecular weight excluding hydrogens is 548 g/mol. The Bertz CT molecular complexity index is 1620. The maximum Gasteiger partial charge on any atom is 0.236 e. The number of hydrogen-bond donors (Lipinski definition) is 1. The summed E-state index contributed by atoms with van der Waals surface area (Å²) in [5.74, 6) is -1.35. The molecule has 9 nitrogen and oxygen atoms in total. The van der Waals surface area contributed by atoms with Gasteiger partial charge < -0.3 is 24.3 Å². The zero-order valence-corrected chi connectivity index (χ0v) is 23.4. The molecule has 2 aromatic carbocycles. The van der Waals surface area contributed by atoms with Gasteiger partial charge in [0.05, 0.1) is 14.2 Å². The van der Waals surface area contributed by atoms with E-state index in [1.165, 1.54) is 20.3 Å². The largest absolute Gasteiger partial charge is 0.496 e. The first kappa shape index (κ1) is 26.8. The molecule has 10 heteroatoms. The van der Waals surface area contributed by atoms with E-state index in [-0.39, 0.29) is 46.6 Å². The number of rotatable bonds is 6. The Morgan fingerprint density at radius 2 is 1.85 bits per heavy atom. The lowest BCUT2D eigenvalue weighted by atomic mass is 9.66. The molecule has 1 aliphatic carbocycles. The van der Waals surface area contributed by atoms with Gasteiger partial charge in [-0.1, -0.05) is 36.7 Å². The van der Waals surface area contributed by atoms with Gasteiger partial charge in [-0.2, -0.15) is 0 Å². The van der Waals surface area contributed by atoms with Crippen molar-refractivity contribution >= 4 is 29.1 Å². The van der Waals surface area contributed by atoms with E-state index in [0.717, 1.165) is 5.56 Å². The zero-order valence-electron chi connectivity index (χ0n) is 22.7. The van der Waals surface area contributed by atoms with Crippen LogP contribution in [-0.2, 0) is 16.2 Å². The van der Waals surface area contributed by atoms with Gasteiger partial charge in [-0.05, 0) is 30.2 Å². The van der Waals surface area contributed by atoms with Gasteiger partial charge in [0.15, 0.2) is 5.75 Å². The summed E-state index contributed by atoms with van der Waals surface area (Å²) in [6.07, 6.45) is 3.69. The van der Waals surface area contributed by atoms with Crippen LogP contribution in [0.1, 0.15) is 47.2 Å². The molecule has 0 saturated heterocycles. The number of halogens is 1. The number of fused-ring (bicyclic) bond motifs is 1. The number of nitrogens with zero attached hydrogens (tertiary/aromatic N) is 1. The van der Waals surface area contributed by atoms with Gasteiger partial charge in [0, 0.05) is 53.6 Å². The van der Waals surface area contributed by atoms with E-state index < -0.39 is 29.0 Å². The van der Waals surface area contributed by atoms with Crippen LogP contribution in [0.4, 0.5) is 0 Å². The molecule has 210 valence electrons. The van der Waals surface area contributed by atoms with Gasteiger partial charge in [0.25, 0.3) is 0 Å². The van der Waals surface area contributed by atoms with E-state index in [9.17, 15) is 14.4 Å². The number of methoxy groups -OCH3 is 2. The number of pyridine rings is 1. The fraction of sp³-hybridized carbons (Fsp3) is 0.290. The summed E-state index contributed by atoms with van der Waals surface area (Å²) in [5, 5.41) is 2.96. The van der Waals surface area contributed by atoms with E-state index in [1.54, 1.807) is 19.3 Å². The highest BCUT2D eigenvalue weighted by atomic mass is 35.5. The van der Waals surface area contributed by atoms with Crippen LogP contribution in [0.3, 0.4) is 0 Å². The average Bonchev–Trinajstić information content (AvgIpc) is 3.30. The van der Waals surface area contributed by atoms with E-state index in [2.05, 4.69) is 10.3 Å². The Labute approximate surface area is 241 Å². The minimum Gasteiger partial charge on any atom is -0.496 e. The van der Waals surface area contributed by atoms with Crippen LogP contribution in [0.25, 0.3) is 0 Å². The summed E-state index contributed by atoms with van der Waals surface area (Å²) in [7, 11) is 2.86. The molecule has 3 aromatic rings. The van der Waals surface area contributed by atoms with Crippen LogP contribution in [-0.4, -0.2) is 42.3 Å². The van der Waals surface area contributed by atoms with Crippen molar-refractivity contribution in [3.63, 3.8) is 0 Å². The first-order valence-electron chi connectivity index (χ1n) is 13.2. The number of nitrogens with one attached hydrogen (secondary N) is 1. The van der Waals surface area contributed by atoms with Crippen molar-refractivity contribution in [3.8, 4) is 23.0 Å². The molecule has 1 N–H and O–H groups in total. The van der Waals surface area contributed by atoms with Gasteiger partial charge in [-0.3, -0.25) is 19.4 Å². The normalized spacial score (nSPS) is 23.1. The Morgan fingerprint density at radius 3 is 2.59 bits per heavy atom. The number of ether oxygens (including phenoxy) is 4. The van der Waals surface area contributed by atoms with Gasteiger partial charge in [0.2, 0.25) is 23.1 Å². The number of aromatic nitrogens is 1. The van der Waals surface area contributed by atoms with Gasteiger partial charge in [-0.25, -0.2) is 0 Å². The van der Waals surface area contributed by atoms with Crippen LogP contribution in [0, 0.1) is 5.92 Å². The lowest BCUT2D eigenvalue weighted by molar-refractivity contribution is -0.131. The smallest absolute Gasteiger partial charge is 0.236 e. The minimum absolute atomic E-state index is 0.0279. The Morgan fingerprint density at radius 1 is 1.05 bits per heavy atom. The first-order chi connectivity index (χ1) is 19.8. The number of benzene rings is 2. The van der Waals surface area contributed by atoms with Crippen molar-refractivity contribution in [2.45, 2.75) is 37.9 Å². The fourth-order valence-electron chi connectivity index (χ4n) is 5.95. The maximum absolute atomic E-state index is 14.5. The molecule has 41 heavy (non-hydrogen) atoms. The molecule has 1 amide bonds. The summed E-state index contributed by atoms with van der Waals surface area (Å²) in [6, 6.07) is 12.5. The van der Waals surface area contributed by atoms with Gasteiger partial charge in [-0.15, -0.1) is 0 Å². The minimum atomic E-state index is -1.86. The number of carbonyl (C=O) groups is 3. The molecule has 1 unspecified atom stereocenters. The second kappa shape index (κ2) is 10.2. The monoisotopic (exact) mass is 574 g/mol. The quantitative estimate of drug-likeness (QED) is 0.417. The van der Waals surface area contributed by atoms with Gasteiger partial charge in [0.1, 0.15) is 34.4 Å². The van der Waals surface area contributed by atoms with E-state index in [0.29, 0.717) is 29.2 Å². The molecule has 0 radical (unpaired) electrons. The highest BCUT2D eigenvalue weighted by Crippen LogP contribution is 2.55. The molecule has 0 saturated carbocycles. The van der Waals surface area contributed by atoms with E-state index >= 15 is 0 Å². The second-order valence-electron chi connectivity index (χ2n) is 10.3. The van der Waals surface area contributed by atoms with Gasteiger partial charge >= 0.3 is 0 Å². The number of allylic oxidation sites excluding steroid dienone is 1. The molecule has 6 rings (SSSR count). The topological polar surface area (TPSA) is 113 Å². The summed E-state index contributed by atoms with van der Waals surface area (Å²) in [6.45, 7) is 2.06. The van der Waals surface area contributed by atoms with Crippen LogP contribution < -0.4 is 24.3 Å². The van der Waals surface area contributed by atoms with Crippen molar-refractivity contribution in [1.29, 1.82) is 0 Å². The average molecular weight is 575 g/mol. The summed E-state index contributed by atoms with van der Waals surface area (Å²) < 4.78 is 23.1. The third-order valence-electron chi connectivity index (χ3n) is 7.95. The second-order valence-corrected chi connectivity index (χ2v) is 10.7. The van der Waals surface area contributed by atoms with E-state index in [4.69, 9.17) is 30.5 Å². The van der Waals surface area contributed by atoms with Crippen LogP contribution in [0.15, 0.2) is 66.1 Å². The molecule has 0 bridgehead atoms. The number of amides is 1. The van der Waals surface area contributed by atoms with E-state index in [1.807, 2.05) is 36.4 Å². The van der Waals surface area contributed by atoms with Crippen molar-refractivity contribution in [2.24, 2.45) is 5.92 Å². The molecule has 3 aliphatic rings. The lowest BCUT2D eigenvalue weighted by Gasteiger charge is -2.41. The van der Waals surface area contributed by atoms with Crippen molar-refractivity contribution in [2.75, 3.05) is 14.2 Å². The standard InChI is InChI=1S/C31H27ClN2O7/c1-16-10-21-25(29(36)31(16)30(37)26-22(38-2)13-23(39-3)27(32)28(26)41-31)20(12-24(35)34-21)18-7-4-8-19(11-18)40-15-17-6-5-9-33-14-17/h4-9,11,13-14,16,20H,10,12,15H2,1-3H3,(H,34,35)/t16-,20?,31+/m1/s1. The molecule has 3 atom stereocenters. The molecular formula is C31H27ClN2O7. The summed E-state index contributed by atoms with van der Waals surface area (Å²) in [5.41, 5.74) is 0.702. The summed E-state index contributed by atoms with van der Waals surface area (Å²) in [4.78, 5) is 45.6. The lowest BCUT2D eigenvalue weighted by Crippen LogP contribution is -2.59. The maximum atomic E-state index is 14.5. The Hall–Kier alpha value is -4.37.